The summed E-state index contributed by atoms with van der Waals surface area (Å²) in [5.74, 6) is 1.30. The molecule has 1 fully saturated rings. The summed E-state index contributed by atoms with van der Waals surface area (Å²) >= 11 is 0. The number of ether oxygens (including phenoxy) is 1. The van der Waals surface area contributed by atoms with Crippen molar-refractivity contribution in [2.45, 2.75) is 38.3 Å². The Morgan fingerprint density at radius 1 is 1.69 bits per heavy atom. The van der Waals surface area contributed by atoms with Crippen LogP contribution in [-0.2, 0) is 15.5 Å². The third kappa shape index (κ3) is 4.20. The summed E-state index contributed by atoms with van der Waals surface area (Å²) < 4.78 is 16.9. The Labute approximate surface area is 82.5 Å². The number of nitrogens with two attached hydrogens (primary N) is 1. The number of hydrogen-bond acceptors (Lipinski definition) is 3. The summed E-state index contributed by atoms with van der Waals surface area (Å²) in [6, 6.07) is 0.0854. The summed E-state index contributed by atoms with van der Waals surface area (Å²) in [4.78, 5) is 0. The van der Waals surface area contributed by atoms with Crippen LogP contribution < -0.4 is 5.73 Å². The molecule has 13 heavy (non-hydrogen) atoms. The standard InChI is InChI=1S/C9H19NO2S/c1-2-8(10)6-13(11)7-9-4-3-5-12-9/h8-9H,2-7,10H2,1H3. The SMILES string of the molecule is CCC(N)CS(=O)CC1CCCO1. The van der Waals surface area contributed by atoms with Crippen LogP contribution in [0, 0.1) is 0 Å². The highest BCUT2D eigenvalue weighted by Crippen LogP contribution is 2.13. The van der Waals surface area contributed by atoms with Crippen molar-refractivity contribution in [1.82, 2.24) is 0 Å². The van der Waals surface area contributed by atoms with Crippen molar-refractivity contribution in [2.24, 2.45) is 5.73 Å². The molecule has 0 spiro atoms. The van der Waals surface area contributed by atoms with Gasteiger partial charge in [0, 0.05) is 35.0 Å². The van der Waals surface area contributed by atoms with E-state index in [2.05, 4.69) is 0 Å². The van der Waals surface area contributed by atoms with Crippen molar-refractivity contribution in [1.29, 1.82) is 0 Å². The summed E-state index contributed by atoms with van der Waals surface area (Å²) in [6.07, 6.45) is 3.30. The van der Waals surface area contributed by atoms with Crippen molar-refractivity contribution in [2.75, 3.05) is 18.1 Å². The Balaban J connectivity index is 2.16. The molecule has 0 saturated carbocycles. The molecule has 78 valence electrons. The molecule has 0 bridgehead atoms. The first kappa shape index (κ1) is 11.1. The fraction of sp³-hybridized carbons (Fsp3) is 1.00. The molecule has 1 aliphatic rings. The van der Waals surface area contributed by atoms with Crippen molar-refractivity contribution in [3.05, 3.63) is 0 Å². The Morgan fingerprint density at radius 3 is 3.00 bits per heavy atom. The van der Waals surface area contributed by atoms with E-state index in [-0.39, 0.29) is 12.1 Å². The Bertz CT molecular complexity index is 169. The second kappa shape index (κ2) is 5.73. The lowest BCUT2D eigenvalue weighted by atomic mass is 10.3. The monoisotopic (exact) mass is 205 g/mol. The van der Waals surface area contributed by atoms with Crippen LogP contribution in [0.1, 0.15) is 26.2 Å². The van der Waals surface area contributed by atoms with E-state index in [1.807, 2.05) is 6.92 Å². The van der Waals surface area contributed by atoms with Crippen LogP contribution >= 0.6 is 0 Å². The van der Waals surface area contributed by atoms with Crippen molar-refractivity contribution in [3.63, 3.8) is 0 Å². The van der Waals surface area contributed by atoms with Crippen LogP contribution in [0.15, 0.2) is 0 Å². The minimum Gasteiger partial charge on any atom is -0.377 e. The van der Waals surface area contributed by atoms with Gasteiger partial charge in [-0.2, -0.15) is 0 Å². The van der Waals surface area contributed by atoms with Gasteiger partial charge in [0.25, 0.3) is 0 Å². The van der Waals surface area contributed by atoms with Gasteiger partial charge < -0.3 is 10.5 Å². The molecule has 1 saturated heterocycles. The lowest BCUT2D eigenvalue weighted by molar-refractivity contribution is 0.128. The van der Waals surface area contributed by atoms with Gasteiger partial charge in [0.1, 0.15) is 0 Å². The van der Waals surface area contributed by atoms with E-state index >= 15 is 0 Å². The largest absolute Gasteiger partial charge is 0.377 e. The quantitative estimate of drug-likeness (QED) is 0.717. The van der Waals surface area contributed by atoms with Gasteiger partial charge in [-0.15, -0.1) is 0 Å². The van der Waals surface area contributed by atoms with Crippen LogP contribution in [0.25, 0.3) is 0 Å². The molecule has 0 aromatic carbocycles. The normalized spacial score (nSPS) is 27.4. The first-order chi connectivity index (χ1) is 6.22. The lowest BCUT2D eigenvalue weighted by Gasteiger charge is -2.11. The van der Waals surface area contributed by atoms with E-state index in [1.165, 1.54) is 0 Å². The smallest absolute Gasteiger partial charge is 0.0691 e. The topological polar surface area (TPSA) is 52.3 Å². The van der Waals surface area contributed by atoms with Crippen LogP contribution in [0.2, 0.25) is 0 Å². The van der Waals surface area contributed by atoms with Gasteiger partial charge in [-0.3, -0.25) is 4.21 Å². The van der Waals surface area contributed by atoms with Crippen LogP contribution in [-0.4, -0.2) is 34.5 Å². The number of hydrogen-bond donors (Lipinski definition) is 1. The predicted molar refractivity (Wildman–Crippen MR) is 55.1 cm³/mol. The molecule has 0 aromatic rings. The maximum absolute atomic E-state index is 11.5. The minimum atomic E-state index is -0.790. The molecule has 1 rings (SSSR count). The molecule has 3 nitrogen and oxygen atoms in total. The van der Waals surface area contributed by atoms with Crippen LogP contribution in [0.3, 0.4) is 0 Å². The van der Waals surface area contributed by atoms with E-state index in [1.54, 1.807) is 0 Å². The second-order valence-corrected chi connectivity index (χ2v) is 5.12. The fourth-order valence-electron chi connectivity index (χ4n) is 1.41. The lowest BCUT2D eigenvalue weighted by Crippen LogP contribution is -2.29. The van der Waals surface area contributed by atoms with Crippen molar-refractivity contribution >= 4 is 10.8 Å². The summed E-state index contributed by atoms with van der Waals surface area (Å²) in [5, 5.41) is 0. The van der Waals surface area contributed by atoms with Gasteiger partial charge in [-0.25, -0.2) is 0 Å². The number of rotatable bonds is 5. The molecule has 2 N–H and O–H groups in total. The first-order valence-corrected chi connectivity index (χ1v) is 6.43. The molecule has 0 aliphatic carbocycles. The molecule has 3 unspecified atom stereocenters. The zero-order valence-electron chi connectivity index (χ0n) is 8.20. The van der Waals surface area contributed by atoms with E-state index < -0.39 is 10.8 Å². The van der Waals surface area contributed by atoms with Crippen molar-refractivity contribution in [3.8, 4) is 0 Å². The molecule has 1 aliphatic heterocycles. The van der Waals surface area contributed by atoms with Crippen LogP contribution in [0.4, 0.5) is 0 Å². The van der Waals surface area contributed by atoms with E-state index in [0.29, 0.717) is 11.5 Å². The van der Waals surface area contributed by atoms with Gasteiger partial charge in [-0.1, -0.05) is 6.92 Å². The van der Waals surface area contributed by atoms with Gasteiger partial charge in [-0.05, 0) is 19.3 Å². The maximum Gasteiger partial charge on any atom is 0.0691 e. The van der Waals surface area contributed by atoms with Gasteiger partial charge >= 0.3 is 0 Å². The summed E-state index contributed by atoms with van der Waals surface area (Å²) in [5.41, 5.74) is 5.71. The molecular weight excluding hydrogens is 186 g/mol. The third-order valence-electron chi connectivity index (χ3n) is 2.32. The maximum atomic E-state index is 11.5. The molecule has 3 atom stereocenters. The van der Waals surface area contributed by atoms with E-state index in [9.17, 15) is 4.21 Å². The summed E-state index contributed by atoms with van der Waals surface area (Å²) in [6.45, 7) is 2.86. The second-order valence-electron chi connectivity index (χ2n) is 3.58. The van der Waals surface area contributed by atoms with Gasteiger partial charge in [0.15, 0.2) is 0 Å². The first-order valence-electron chi connectivity index (χ1n) is 4.94. The average molecular weight is 205 g/mol. The Morgan fingerprint density at radius 2 is 2.46 bits per heavy atom. The molecule has 0 amide bonds. The predicted octanol–water partition coefficient (Wildman–Crippen LogP) is 0.651. The highest BCUT2D eigenvalue weighted by atomic mass is 32.2. The van der Waals surface area contributed by atoms with Crippen molar-refractivity contribution < 1.29 is 8.95 Å². The van der Waals surface area contributed by atoms with E-state index in [0.717, 1.165) is 25.9 Å². The van der Waals surface area contributed by atoms with E-state index in [4.69, 9.17) is 10.5 Å². The zero-order chi connectivity index (χ0) is 9.68. The Kier molecular flexibility index (Phi) is 4.91. The highest BCUT2D eigenvalue weighted by Gasteiger charge is 2.18. The van der Waals surface area contributed by atoms with Gasteiger partial charge in [0.2, 0.25) is 0 Å². The molecule has 0 radical (unpaired) electrons. The Hall–Kier alpha value is 0.0700. The fourth-order valence-corrected chi connectivity index (χ4v) is 2.93. The molecular formula is C9H19NO2S. The highest BCUT2D eigenvalue weighted by molar-refractivity contribution is 7.85. The minimum absolute atomic E-state index is 0.0854. The molecule has 1 heterocycles. The summed E-state index contributed by atoms with van der Waals surface area (Å²) in [7, 11) is -0.790. The molecule has 0 aromatic heterocycles. The molecule has 4 heteroatoms. The third-order valence-corrected chi connectivity index (χ3v) is 3.86. The van der Waals surface area contributed by atoms with Gasteiger partial charge in [0.05, 0.1) is 6.10 Å². The van der Waals surface area contributed by atoms with Crippen LogP contribution in [0.5, 0.6) is 0 Å². The average Bonchev–Trinajstić information content (AvgIpc) is 2.56. The zero-order valence-corrected chi connectivity index (χ0v) is 9.02.